The Hall–Kier alpha value is -0.780. The zero-order valence-corrected chi connectivity index (χ0v) is 9.46. The van der Waals surface area contributed by atoms with Gasteiger partial charge in [0.25, 0.3) is 0 Å². The van der Waals surface area contributed by atoms with Gasteiger partial charge < -0.3 is 11.1 Å². The number of carbonyl (C=O) groups is 1. The lowest BCUT2D eigenvalue weighted by molar-refractivity contribution is -0.119. The summed E-state index contributed by atoms with van der Waals surface area (Å²) in [6, 6.07) is 5.61. The van der Waals surface area contributed by atoms with Crippen molar-refractivity contribution in [2.24, 2.45) is 0 Å². The number of anilines is 1. The number of nitrogens with one attached hydrogen (secondary N) is 1. The molecule has 1 rings (SSSR count). The highest BCUT2D eigenvalue weighted by Gasteiger charge is 2.02. The van der Waals surface area contributed by atoms with Crippen LogP contribution in [0.25, 0.3) is 0 Å². The summed E-state index contributed by atoms with van der Waals surface area (Å²) in [7, 11) is 1.63. The molecule has 0 heterocycles. The predicted molar refractivity (Wildman–Crippen MR) is 61.3 cm³/mol. The number of nitrogen functional groups attached to an aromatic ring is 1. The molecule has 3 N–H and O–H groups in total. The normalized spacial score (nSPS) is 9.69. The molecule has 0 radical (unpaired) electrons. The van der Waals surface area contributed by atoms with E-state index < -0.39 is 0 Å². The van der Waals surface area contributed by atoms with Gasteiger partial charge in [-0.05, 0) is 40.3 Å². The van der Waals surface area contributed by atoms with Crippen LogP contribution in [0.5, 0.6) is 0 Å². The number of amides is 1. The topological polar surface area (TPSA) is 55.1 Å². The fourth-order valence-corrected chi connectivity index (χ4v) is 1.53. The van der Waals surface area contributed by atoms with Crippen molar-refractivity contribution in [3.63, 3.8) is 0 Å². The van der Waals surface area contributed by atoms with E-state index in [1.807, 2.05) is 18.2 Å². The lowest BCUT2D eigenvalue weighted by atomic mass is 10.1. The van der Waals surface area contributed by atoms with Gasteiger partial charge in [-0.2, -0.15) is 0 Å². The molecule has 0 aromatic heterocycles. The third-order valence-electron chi connectivity index (χ3n) is 1.71. The molecule has 0 spiro atoms. The van der Waals surface area contributed by atoms with E-state index in [9.17, 15) is 4.79 Å². The summed E-state index contributed by atoms with van der Waals surface area (Å²) in [5.41, 5.74) is 7.38. The number of halogens is 1. The van der Waals surface area contributed by atoms with Crippen molar-refractivity contribution in [3.8, 4) is 0 Å². The van der Waals surface area contributed by atoms with Crippen LogP contribution in [0.2, 0.25) is 0 Å². The van der Waals surface area contributed by atoms with E-state index in [0.29, 0.717) is 6.42 Å². The fourth-order valence-electron chi connectivity index (χ4n) is 0.954. The molecule has 1 aromatic rings. The molecule has 0 saturated heterocycles. The van der Waals surface area contributed by atoms with E-state index in [0.717, 1.165) is 14.8 Å². The average molecular weight is 290 g/mol. The van der Waals surface area contributed by atoms with Crippen molar-refractivity contribution >= 4 is 34.2 Å². The molecule has 70 valence electrons. The van der Waals surface area contributed by atoms with Crippen molar-refractivity contribution in [1.82, 2.24) is 5.32 Å². The van der Waals surface area contributed by atoms with Crippen LogP contribution in [0, 0.1) is 3.57 Å². The summed E-state index contributed by atoms with van der Waals surface area (Å²) in [6.07, 6.45) is 0.410. The van der Waals surface area contributed by atoms with Gasteiger partial charge in [-0.1, -0.05) is 6.07 Å². The van der Waals surface area contributed by atoms with Gasteiger partial charge in [0.15, 0.2) is 0 Å². The van der Waals surface area contributed by atoms with Crippen LogP contribution < -0.4 is 11.1 Å². The Morgan fingerprint density at radius 2 is 2.31 bits per heavy atom. The van der Waals surface area contributed by atoms with E-state index in [1.165, 1.54) is 0 Å². The van der Waals surface area contributed by atoms with Crippen molar-refractivity contribution in [1.29, 1.82) is 0 Å². The minimum absolute atomic E-state index is 0.0144. The zero-order chi connectivity index (χ0) is 9.84. The van der Waals surface area contributed by atoms with Crippen LogP contribution in [0.3, 0.4) is 0 Å². The van der Waals surface area contributed by atoms with Gasteiger partial charge in [0, 0.05) is 16.3 Å². The number of carbonyl (C=O) groups excluding carboxylic acids is 1. The number of likely N-dealkylation sites (N-methyl/N-ethyl adjacent to an activating group) is 1. The maximum atomic E-state index is 11.0. The van der Waals surface area contributed by atoms with E-state index >= 15 is 0 Å². The number of hydrogen-bond donors (Lipinski definition) is 2. The van der Waals surface area contributed by atoms with E-state index in [-0.39, 0.29) is 5.91 Å². The monoisotopic (exact) mass is 290 g/mol. The minimum atomic E-state index is 0.0144. The molecule has 0 saturated carbocycles. The van der Waals surface area contributed by atoms with Crippen molar-refractivity contribution < 1.29 is 4.79 Å². The third kappa shape index (κ3) is 2.87. The molecule has 3 nitrogen and oxygen atoms in total. The Morgan fingerprint density at radius 1 is 1.62 bits per heavy atom. The van der Waals surface area contributed by atoms with Crippen LogP contribution in [0.4, 0.5) is 5.69 Å². The first-order chi connectivity index (χ1) is 6.13. The first kappa shape index (κ1) is 10.3. The Balaban J connectivity index is 2.79. The van der Waals surface area contributed by atoms with Gasteiger partial charge in [0.1, 0.15) is 0 Å². The van der Waals surface area contributed by atoms with Crippen molar-refractivity contribution in [2.45, 2.75) is 6.42 Å². The van der Waals surface area contributed by atoms with Gasteiger partial charge in [-0.25, -0.2) is 0 Å². The number of rotatable bonds is 2. The quantitative estimate of drug-likeness (QED) is 0.634. The number of hydrogen-bond acceptors (Lipinski definition) is 2. The lowest BCUT2D eigenvalue weighted by Crippen LogP contribution is -2.19. The Morgan fingerprint density at radius 3 is 2.85 bits per heavy atom. The second-order valence-corrected chi connectivity index (χ2v) is 3.87. The fraction of sp³-hybridized carbons (Fsp3) is 0.222. The highest BCUT2D eigenvalue weighted by atomic mass is 127. The highest BCUT2D eigenvalue weighted by molar-refractivity contribution is 14.1. The lowest BCUT2D eigenvalue weighted by Gasteiger charge is -2.02. The van der Waals surface area contributed by atoms with Gasteiger partial charge in [-0.15, -0.1) is 0 Å². The van der Waals surface area contributed by atoms with Gasteiger partial charge in [0.2, 0.25) is 5.91 Å². The molecule has 0 atom stereocenters. The summed E-state index contributed by atoms with van der Waals surface area (Å²) in [5.74, 6) is 0.0144. The number of nitrogens with two attached hydrogens (primary N) is 1. The van der Waals surface area contributed by atoms with Gasteiger partial charge in [0.05, 0.1) is 6.42 Å². The number of benzene rings is 1. The molecule has 1 aromatic carbocycles. The first-order valence-corrected chi connectivity index (χ1v) is 4.96. The van der Waals surface area contributed by atoms with E-state index in [1.54, 1.807) is 7.05 Å². The van der Waals surface area contributed by atoms with Crippen LogP contribution in [0.1, 0.15) is 5.56 Å². The summed E-state index contributed by atoms with van der Waals surface area (Å²) in [5, 5.41) is 2.57. The average Bonchev–Trinajstić information content (AvgIpc) is 2.11. The van der Waals surface area contributed by atoms with Crippen molar-refractivity contribution in [2.75, 3.05) is 12.8 Å². The second kappa shape index (κ2) is 4.45. The molecule has 0 aliphatic carbocycles. The molecule has 4 heteroatoms. The van der Waals surface area contributed by atoms with E-state index in [2.05, 4.69) is 27.9 Å². The van der Waals surface area contributed by atoms with Gasteiger partial charge >= 0.3 is 0 Å². The Labute approximate surface area is 90.8 Å². The maximum absolute atomic E-state index is 11.0. The summed E-state index contributed by atoms with van der Waals surface area (Å²) in [4.78, 5) is 11.0. The molecular formula is C9H11IN2O. The maximum Gasteiger partial charge on any atom is 0.224 e. The SMILES string of the molecule is CNC(=O)Cc1ccc(N)c(I)c1. The first-order valence-electron chi connectivity index (χ1n) is 3.88. The van der Waals surface area contributed by atoms with Crippen LogP contribution in [-0.2, 0) is 11.2 Å². The smallest absolute Gasteiger partial charge is 0.224 e. The summed E-state index contributed by atoms with van der Waals surface area (Å²) in [6.45, 7) is 0. The molecule has 1 amide bonds. The summed E-state index contributed by atoms with van der Waals surface area (Å²) < 4.78 is 0.985. The Bertz CT molecular complexity index is 325. The van der Waals surface area contributed by atoms with Crippen LogP contribution >= 0.6 is 22.6 Å². The second-order valence-electron chi connectivity index (χ2n) is 2.71. The molecule has 0 unspecified atom stereocenters. The zero-order valence-electron chi connectivity index (χ0n) is 7.30. The van der Waals surface area contributed by atoms with Crippen molar-refractivity contribution in [3.05, 3.63) is 27.3 Å². The largest absolute Gasteiger partial charge is 0.398 e. The summed E-state index contributed by atoms with van der Waals surface area (Å²) >= 11 is 2.15. The van der Waals surface area contributed by atoms with Crippen LogP contribution in [0.15, 0.2) is 18.2 Å². The van der Waals surface area contributed by atoms with E-state index in [4.69, 9.17) is 5.73 Å². The standard InChI is InChI=1S/C9H11IN2O/c1-12-9(13)5-6-2-3-8(11)7(10)4-6/h2-4H,5,11H2,1H3,(H,12,13). The highest BCUT2D eigenvalue weighted by Crippen LogP contribution is 2.16. The molecule has 13 heavy (non-hydrogen) atoms. The minimum Gasteiger partial charge on any atom is -0.398 e. The molecule has 0 aliphatic heterocycles. The van der Waals surface area contributed by atoms with Gasteiger partial charge in [-0.3, -0.25) is 4.79 Å². The predicted octanol–water partition coefficient (Wildman–Crippen LogP) is 1.16. The third-order valence-corrected chi connectivity index (χ3v) is 2.64. The van der Waals surface area contributed by atoms with Crippen LogP contribution in [-0.4, -0.2) is 13.0 Å². The molecular weight excluding hydrogens is 279 g/mol. The molecule has 0 aliphatic rings. The Kier molecular flexibility index (Phi) is 3.53. The molecule has 0 bridgehead atoms. The molecule has 0 fully saturated rings.